The van der Waals surface area contributed by atoms with Gasteiger partial charge < -0.3 is 19.5 Å². The molecule has 3 rings (SSSR count). The number of halogens is 1. The number of hydrogen-bond acceptors (Lipinski definition) is 4. The molecule has 1 amide bonds. The fourth-order valence-electron chi connectivity index (χ4n) is 3.88. The molecule has 2 heterocycles. The van der Waals surface area contributed by atoms with Crippen molar-refractivity contribution in [1.82, 2.24) is 9.80 Å². The zero-order chi connectivity index (χ0) is 18.2. The summed E-state index contributed by atoms with van der Waals surface area (Å²) >= 11 is 3.65. The van der Waals surface area contributed by atoms with Crippen LogP contribution in [0, 0.1) is 5.41 Å². The van der Waals surface area contributed by atoms with E-state index < -0.39 is 6.09 Å². The molecule has 1 saturated heterocycles. The number of nitrogens with zero attached hydrogens (tertiary/aromatic N) is 2. The predicted molar refractivity (Wildman–Crippen MR) is 98.3 cm³/mol. The van der Waals surface area contributed by atoms with Crippen LogP contribution in [0.1, 0.15) is 38.0 Å². The minimum atomic E-state index is -1.07. The summed E-state index contributed by atoms with van der Waals surface area (Å²) in [7, 11) is 0. The summed E-state index contributed by atoms with van der Waals surface area (Å²) in [6.07, 6.45) is -0.102. The van der Waals surface area contributed by atoms with E-state index in [9.17, 15) is 9.90 Å². The van der Waals surface area contributed by atoms with Gasteiger partial charge in [0.05, 0.1) is 12.7 Å². The first kappa shape index (κ1) is 18.7. The van der Waals surface area contributed by atoms with Crippen LogP contribution < -0.4 is 5.11 Å². The number of carbonyl (C=O) groups is 1. The third-order valence-corrected chi connectivity index (χ3v) is 6.04. The Morgan fingerprint density at radius 3 is 2.80 bits per heavy atom. The van der Waals surface area contributed by atoms with E-state index in [1.165, 1.54) is 16.0 Å². The lowest BCUT2D eigenvalue weighted by Crippen LogP contribution is -2.62. The minimum absolute atomic E-state index is 0.0383. The lowest BCUT2D eigenvalue weighted by molar-refractivity contribution is -0.272. The number of benzene rings is 1. The second-order valence-corrected chi connectivity index (χ2v) is 8.87. The summed E-state index contributed by atoms with van der Waals surface area (Å²) in [5, 5.41) is 11.5. The van der Waals surface area contributed by atoms with Crippen LogP contribution in [0.25, 0.3) is 0 Å². The Bertz CT molecular complexity index is 644. The fraction of sp³-hybridized carbons (Fsp3) is 0.632. The second kappa shape index (κ2) is 7.25. The first-order valence-corrected chi connectivity index (χ1v) is 9.65. The second-order valence-electron chi connectivity index (χ2n) is 8.02. The number of carboxylic acid groups (broad SMARTS) is 1. The topological polar surface area (TPSA) is 55.8 Å². The van der Waals surface area contributed by atoms with Gasteiger partial charge in [0.1, 0.15) is 6.09 Å². The molecular formula is C19H26BrN2O3-. The number of rotatable bonds is 2. The zero-order valence-corrected chi connectivity index (χ0v) is 16.7. The molecule has 0 radical (unpaired) electrons. The maximum absolute atomic E-state index is 11.5. The lowest BCUT2D eigenvalue weighted by atomic mass is 9.84. The van der Waals surface area contributed by atoms with Crippen molar-refractivity contribution in [2.45, 2.75) is 39.3 Å². The van der Waals surface area contributed by atoms with Gasteiger partial charge in [-0.2, -0.15) is 0 Å². The van der Waals surface area contributed by atoms with E-state index in [-0.39, 0.29) is 17.6 Å². The summed E-state index contributed by atoms with van der Waals surface area (Å²) in [5.41, 5.74) is 2.45. The van der Waals surface area contributed by atoms with Gasteiger partial charge >= 0.3 is 0 Å². The van der Waals surface area contributed by atoms with Crippen LogP contribution in [0.15, 0.2) is 22.7 Å². The monoisotopic (exact) mass is 409 g/mol. The fourth-order valence-corrected chi connectivity index (χ4v) is 4.46. The number of ether oxygens (including phenoxy) is 1. The molecule has 0 bridgehead atoms. The third kappa shape index (κ3) is 4.01. The Morgan fingerprint density at radius 1 is 1.36 bits per heavy atom. The Kier molecular flexibility index (Phi) is 5.42. The highest BCUT2D eigenvalue weighted by molar-refractivity contribution is 9.10. The van der Waals surface area contributed by atoms with Crippen molar-refractivity contribution < 1.29 is 14.6 Å². The molecular weight excluding hydrogens is 384 g/mol. The molecule has 2 atom stereocenters. The maximum Gasteiger partial charge on any atom is 0.137 e. The molecule has 2 aliphatic rings. The van der Waals surface area contributed by atoms with Gasteiger partial charge in [-0.25, -0.2) is 0 Å². The highest BCUT2D eigenvalue weighted by Crippen LogP contribution is 2.34. The number of piperazine rings is 1. The van der Waals surface area contributed by atoms with Crippen molar-refractivity contribution in [2.24, 2.45) is 5.41 Å². The largest absolute Gasteiger partial charge is 0.530 e. The molecule has 1 aromatic rings. The number of fused-ring (bicyclic) bond motifs is 1. The molecule has 0 N–H and O–H groups in total. The van der Waals surface area contributed by atoms with Gasteiger partial charge in [-0.15, -0.1) is 0 Å². The van der Waals surface area contributed by atoms with Gasteiger partial charge in [-0.3, -0.25) is 4.90 Å². The molecule has 1 fully saturated rings. The standard InChI is InChI=1S/C19H27BrN2O3/c1-19(2,3)17-12-21(8-9-22(17)18(23)24)11-16-14-5-4-6-15(20)13(14)7-10-25-16/h4-6,16-17H,7-12H2,1-3H3,(H,23,24)/p-1. The first-order valence-electron chi connectivity index (χ1n) is 8.86. The average Bonchev–Trinajstić information content (AvgIpc) is 2.55. The van der Waals surface area contributed by atoms with Crippen molar-refractivity contribution >= 4 is 22.0 Å². The molecule has 2 unspecified atom stereocenters. The number of carbonyl (C=O) groups excluding carboxylic acids is 1. The van der Waals surface area contributed by atoms with Gasteiger partial charge in [0.2, 0.25) is 0 Å². The molecule has 1 aromatic carbocycles. The van der Waals surface area contributed by atoms with Crippen molar-refractivity contribution in [1.29, 1.82) is 0 Å². The minimum Gasteiger partial charge on any atom is -0.530 e. The molecule has 0 aliphatic carbocycles. The van der Waals surface area contributed by atoms with Crippen LogP contribution in [0.3, 0.4) is 0 Å². The quantitative estimate of drug-likeness (QED) is 0.752. The van der Waals surface area contributed by atoms with Gasteiger partial charge in [0.15, 0.2) is 0 Å². The van der Waals surface area contributed by atoms with Gasteiger partial charge in [0, 0.05) is 36.7 Å². The van der Waals surface area contributed by atoms with Gasteiger partial charge in [0.25, 0.3) is 0 Å². The molecule has 0 saturated carbocycles. The van der Waals surface area contributed by atoms with Crippen molar-refractivity contribution in [3.8, 4) is 0 Å². The van der Waals surface area contributed by atoms with Crippen molar-refractivity contribution in [3.63, 3.8) is 0 Å². The van der Waals surface area contributed by atoms with E-state index >= 15 is 0 Å². The van der Waals surface area contributed by atoms with E-state index in [0.29, 0.717) is 19.6 Å². The Labute approximate surface area is 158 Å². The SMILES string of the molecule is CC(C)(C)C1CN(CC2OCCc3c(Br)cccc32)CCN1C(=O)[O-]. The lowest BCUT2D eigenvalue weighted by Gasteiger charge is -2.49. The summed E-state index contributed by atoms with van der Waals surface area (Å²) in [5.74, 6) is 0. The van der Waals surface area contributed by atoms with E-state index in [4.69, 9.17) is 4.74 Å². The summed E-state index contributed by atoms with van der Waals surface area (Å²) in [6, 6.07) is 6.20. The van der Waals surface area contributed by atoms with Crippen LogP contribution >= 0.6 is 15.9 Å². The maximum atomic E-state index is 11.5. The average molecular weight is 410 g/mol. The summed E-state index contributed by atoms with van der Waals surface area (Å²) in [4.78, 5) is 15.3. The van der Waals surface area contributed by atoms with E-state index in [1.54, 1.807) is 0 Å². The molecule has 2 aliphatic heterocycles. The van der Waals surface area contributed by atoms with Crippen LogP contribution in [-0.4, -0.2) is 54.7 Å². The molecule has 25 heavy (non-hydrogen) atoms. The van der Waals surface area contributed by atoms with Gasteiger partial charge in [-0.05, 0) is 29.0 Å². The highest BCUT2D eigenvalue weighted by Gasteiger charge is 2.36. The number of amides is 1. The molecule has 0 spiro atoms. The smallest absolute Gasteiger partial charge is 0.137 e. The summed E-state index contributed by atoms with van der Waals surface area (Å²) < 4.78 is 7.20. The summed E-state index contributed by atoms with van der Waals surface area (Å²) in [6.45, 7) is 9.67. The molecule has 6 heteroatoms. The van der Waals surface area contributed by atoms with E-state index in [1.807, 2.05) is 0 Å². The molecule has 5 nitrogen and oxygen atoms in total. The van der Waals surface area contributed by atoms with Gasteiger partial charge in [-0.1, -0.05) is 48.8 Å². The van der Waals surface area contributed by atoms with E-state index in [2.05, 4.69) is 59.8 Å². The first-order chi connectivity index (χ1) is 11.8. The molecule has 138 valence electrons. The van der Waals surface area contributed by atoms with Crippen LogP contribution in [-0.2, 0) is 11.2 Å². The normalized spacial score (nSPS) is 24.9. The zero-order valence-electron chi connectivity index (χ0n) is 15.1. The predicted octanol–water partition coefficient (Wildman–Crippen LogP) is 2.44. The third-order valence-electron chi connectivity index (χ3n) is 5.30. The Hall–Kier alpha value is -1.11. The van der Waals surface area contributed by atoms with Crippen LogP contribution in [0.5, 0.6) is 0 Å². The van der Waals surface area contributed by atoms with Crippen LogP contribution in [0.4, 0.5) is 4.79 Å². The Morgan fingerprint density at radius 2 is 2.12 bits per heavy atom. The van der Waals surface area contributed by atoms with E-state index in [0.717, 1.165) is 24.0 Å². The highest BCUT2D eigenvalue weighted by atomic mass is 79.9. The molecule has 0 aromatic heterocycles. The number of hydrogen-bond donors (Lipinski definition) is 0. The Balaban J connectivity index is 1.75. The van der Waals surface area contributed by atoms with Crippen molar-refractivity contribution in [2.75, 3.05) is 32.8 Å². The van der Waals surface area contributed by atoms with Crippen molar-refractivity contribution in [3.05, 3.63) is 33.8 Å². The van der Waals surface area contributed by atoms with Crippen LogP contribution in [0.2, 0.25) is 0 Å².